The van der Waals surface area contributed by atoms with Crippen LogP contribution in [0.2, 0.25) is 0 Å². The largest absolute Gasteiger partial charge is 0.497 e. The van der Waals surface area contributed by atoms with Gasteiger partial charge in [0.05, 0.1) is 17.7 Å². The number of hydrogen-bond donors (Lipinski definition) is 1. The molecule has 1 aromatic carbocycles. The second kappa shape index (κ2) is 10.3. The van der Waals surface area contributed by atoms with Gasteiger partial charge in [-0.3, -0.25) is 9.59 Å². The number of benzene rings is 1. The van der Waals surface area contributed by atoms with Gasteiger partial charge in [-0.1, -0.05) is 13.8 Å². The van der Waals surface area contributed by atoms with Crippen LogP contribution in [0.25, 0.3) is 11.3 Å². The molecular weight excluding hydrogens is 464 g/mol. The average molecular weight is 491 g/mol. The molecule has 33 heavy (non-hydrogen) atoms. The highest BCUT2D eigenvalue weighted by Gasteiger charge is 2.23. The Hall–Kier alpha value is -3.02. The molecule has 3 aromatic rings. The summed E-state index contributed by atoms with van der Waals surface area (Å²) in [6.45, 7) is 5.65. The number of anilines is 1. The first-order valence-corrected chi connectivity index (χ1v) is 12.6. The molecule has 0 saturated carbocycles. The zero-order valence-electron chi connectivity index (χ0n) is 18.9. The molecule has 3 rings (SSSR count). The number of ether oxygens (including phenoxy) is 1. The van der Waals surface area contributed by atoms with Crippen molar-refractivity contribution in [3.05, 3.63) is 57.8 Å². The summed E-state index contributed by atoms with van der Waals surface area (Å²) in [5.74, 6) is 0.250. The molecule has 1 N–H and O–H groups in total. The number of methoxy groups -OCH3 is 1. The lowest BCUT2D eigenvalue weighted by Crippen LogP contribution is -2.33. The monoisotopic (exact) mass is 490 g/mol. The molecule has 0 radical (unpaired) electrons. The molecule has 2 heterocycles. The Balaban J connectivity index is 1.78. The van der Waals surface area contributed by atoms with Crippen LogP contribution in [-0.4, -0.2) is 48.4 Å². The number of carbonyl (C=O) groups excluding carboxylic acids is 1. The van der Waals surface area contributed by atoms with Crippen molar-refractivity contribution in [2.45, 2.75) is 32.2 Å². The van der Waals surface area contributed by atoms with Gasteiger partial charge in [0.15, 0.2) is 5.13 Å². The first-order valence-electron chi connectivity index (χ1n) is 10.3. The van der Waals surface area contributed by atoms with Gasteiger partial charge in [-0.05, 0) is 37.3 Å². The SMILES string of the molecule is CCN(CC)S(=O)(=O)c1ccc(=O)n(CC(=O)Nc2nc(-c3ccc(OC)cc3)c(C)s2)c1. The lowest BCUT2D eigenvalue weighted by molar-refractivity contribution is -0.116. The van der Waals surface area contributed by atoms with Crippen molar-refractivity contribution < 1.29 is 17.9 Å². The number of amides is 1. The van der Waals surface area contributed by atoms with Crippen molar-refractivity contribution in [2.75, 3.05) is 25.5 Å². The molecule has 2 aromatic heterocycles. The standard InChI is InChI=1S/C22H26N4O5S2/c1-5-26(6-2)33(29,30)18-11-12-20(28)25(13-18)14-19(27)23-22-24-21(15(3)32-22)16-7-9-17(31-4)10-8-16/h7-13H,5-6,14H2,1-4H3,(H,23,24,27). The Morgan fingerprint density at radius 3 is 2.42 bits per heavy atom. The van der Waals surface area contributed by atoms with Crippen LogP contribution in [0.15, 0.2) is 52.3 Å². The van der Waals surface area contributed by atoms with E-state index in [0.717, 1.165) is 32.5 Å². The van der Waals surface area contributed by atoms with E-state index in [1.54, 1.807) is 21.0 Å². The number of nitrogens with one attached hydrogen (secondary N) is 1. The Morgan fingerprint density at radius 2 is 1.82 bits per heavy atom. The van der Waals surface area contributed by atoms with Crippen LogP contribution >= 0.6 is 11.3 Å². The van der Waals surface area contributed by atoms with E-state index in [4.69, 9.17) is 4.74 Å². The maximum atomic E-state index is 12.7. The molecule has 9 nitrogen and oxygen atoms in total. The second-order valence-corrected chi connectivity index (χ2v) is 10.3. The number of pyridine rings is 1. The van der Waals surface area contributed by atoms with Gasteiger partial charge in [0.25, 0.3) is 5.56 Å². The lowest BCUT2D eigenvalue weighted by atomic mass is 10.1. The van der Waals surface area contributed by atoms with Crippen LogP contribution in [0.1, 0.15) is 18.7 Å². The van der Waals surface area contributed by atoms with Gasteiger partial charge in [-0.25, -0.2) is 13.4 Å². The molecule has 0 bridgehead atoms. The molecule has 0 aliphatic carbocycles. The molecule has 0 fully saturated rings. The number of aryl methyl sites for hydroxylation is 1. The molecule has 0 atom stereocenters. The van der Waals surface area contributed by atoms with Crippen LogP contribution in [0.3, 0.4) is 0 Å². The van der Waals surface area contributed by atoms with Gasteiger partial charge in [-0.15, -0.1) is 11.3 Å². The summed E-state index contributed by atoms with van der Waals surface area (Å²) >= 11 is 1.32. The number of nitrogens with zero attached hydrogens (tertiary/aromatic N) is 3. The fraction of sp³-hybridized carbons (Fsp3) is 0.318. The van der Waals surface area contributed by atoms with Crippen molar-refractivity contribution in [2.24, 2.45) is 0 Å². The van der Waals surface area contributed by atoms with E-state index in [9.17, 15) is 18.0 Å². The molecule has 1 amide bonds. The summed E-state index contributed by atoms with van der Waals surface area (Å²) in [7, 11) is -2.16. The van der Waals surface area contributed by atoms with E-state index in [0.29, 0.717) is 18.2 Å². The van der Waals surface area contributed by atoms with Crippen molar-refractivity contribution >= 4 is 32.4 Å². The second-order valence-electron chi connectivity index (χ2n) is 7.12. The number of thiazole rings is 1. The van der Waals surface area contributed by atoms with E-state index in [2.05, 4.69) is 10.3 Å². The molecule has 0 aliphatic heterocycles. The van der Waals surface area contributed by atoms with E-state index >= 15 is 0 Å². The van der Waals surface area contributed by atoms with Crippen LogP contribution in [0.4, 0.5) is 5.13 Å². The summed E-state index contributed by atoms with van der Waals surface area (Å²) in [5, 5.41) is 3.09. The third-order valence-corrected chi connectivity index (χ3v) is 7.94. The van der Waals surface area contributed by atoms with E-state index in [1.807, 2.05) is 31.2 Å². The molecule has 0 unspecified atom stereocenters. The summed E-state index contributed by atoms with van der Waals surface area (Å²) < 4.78 is 33.0. The van der Waals surface area contributed by atoms with Gasteiger partial charge in [0.1, 0.15) is 12.3 Å². The number of aromatic nitrogens is 2. The Labute approximate surface area is 196 Å². The highest BCUT2D eigenvalue weighted by molar-refractivity contribution is 7.89. The fourth-order valence-electron chi connectivity index (χ4n) is 3.28. The summed E-state index contributed by atoms with van der Waals surface area (Å²) in [6, 6.07) is 9.84. The minimum atomic E-state index is -3.75. The first kappa shape index (κ1) is 24.6. The molecule has 11 heteroatoms. The highest BCUT2D eigenvalue weighted by atomic mass is 32.2. The van der Waals surface area contributed by atoms with E-state index in [-0.39, 0.29) is 11.4 Å². The smallest absolute Gasteiger partial charge is 0.251 e. The third-order valence-electron chi connectivity index (χ3n) is 5.02. The lowest BCUT2D eigenvalue weighted by Gasteiger charge is -2.18. The predicted octanol–water partition coefficient (Wildman–Crippen LogP) is 2.96. The number of hydrogen-bond acceptors (Lipinski definition) is 7. The average Bonchev–Trinajstić information content (AvgIpc) is 3.15. The van der Waals surface area contributed by atoms with Gasteiger partial charge < -0.3 is 14.6 Å². The van der Waals surface area contributed by atoms with Crippen LogP contribution in [0, 0.1) is 6.92 Å². The van der Waals surface area contributed by atoms with Crippen LogP contribution in [0.5, 0.6) is 5.75 Å². The normalized spacial score (nSPS) is 11.5. The van der Waals surface area contributed by atoms with Crippen molar-refractivity contribution in [3.8, 4) is 17.0 Å². The number of sulfonamides is 1. The Morgan fingerprint density at radius 1 is 1.15 bits per heavy atom. The highest BCUT2D eigenvalue weighted by Crippen LogP contribution is 2.31. The summed E-state index contributed by atoms with van der Waals surface area (Å²) in [4.78, 5) is 30.2. The van der Waals surface area contributed by atoms with Gasteiger partial charge in [0.2, 0.25) is 15.9 Å². The minimum absolute atomic E-state index is 0.0366. The number of carbonyl (C=O) groups is 1. The van der Waals surface area contributed by atoms with Gasteiger partial charge in [-0.2, -0.15) is 4.31 Å². The van der Waals surface area contributed by atoms with Crippen molar-refractivity contribution in [1.29, 1.82) is 0 Å². The molecular formula is C22H26N4O5S2. The minimum Gasteiger partial charge on any atom is -0.497 e. The quantitative estimate of drug-likeness (QED) is 0.494. The molecule has 176 valence electrons. The van der Waals surface area contributed by atoms with Gasteiger partial charge in [0, 0.05) is 35.8 Å². The third kappa shape index (κ3) is 5.49. The fourth-order valence-corrected chi connectivity index (χ4v) is 5.61. The van der Waals surface area contributed by atoms with Crippen molar-refractivity contribution in [1.82, 2.24) is 13.9 Å². The van der Waals surface area contributed by atoms with Gasteiger partial charge >= 0.3 is 0 Å². The Bertz CT molecular complexity index is 1290. The predicted molar refractivity (Wildman–Crippen MR) is 128 cm³/mol. The zero-order chi connectivity index (χ0) is 24.2. The van der Waals surface area contributed by atoms with Crippen LogP contribution in [-0.2, 0) is 21.4 Å². The van der Waals surface area contributed by atoms with Crippen LogP contribution < -0.4 is 15.6 Å². The summed E-state index contributed by atoms with van der Waals surface area (Å²) in [6.07, 6.45) is 1.20. The van der Waals surface area contributed by atoms with Crippen molar-refractivity contribution in [3.63, 3.8) is 0 Å². The number of rotatable bonds is 9. The maximum absolute atomic E-state index is 12.7. The molecule has 0 aliphatic rings. The first-order chi connectivity index (χ1) is 15.7. The van der Waals surface area contributed by atoms with E-state index in [1.165, 1.54) is 27.9 Å². The molecule has 0 spiro atoms. The summed E-state index contributed by atoms with van der Waals surface area (Å²) in [5.41, 5.74) is 1.15. The Kier molecular flexibility index (Phi) is 7.67. The maximum Gasteiger partial charge on any atom is 0.251 e. The van der Waals surface area contributed by atoms with E-state index < -0.39 is 21.5 Å². The molecule has 0 saturated heterocycles. The topological polar surface area (TPSA) is 111 Å². The zero-order valence-corrected chi connectivity index (χ0v) is 20.5.